The summed E-state index contributed by atoms with van der Waals surface area (Å²) in [4.78, 5) is 12.8. The minimum Gasteiger partial charge on any atom is -0.355 e. The summed E-state index contributed by atoms with van der Waals surface area (Å²) in [7, 11) is 0. The molecule has 2 heterocycles. The summed E-state index contributed by atoms with van der Waals surface area (Å²) in [5.41, 5.74) is 0.358. The van der Waals surface area contributed by atoms with Crippen molar-refractivity contribution in [1.82, 2.24) is 5.16 Å². The van der Waals surface area contributed by atoms with E-state index in [1.165, 1.54) is 17.4 Å². The molecule has 1 amide bonds. The first-order valence-corrected chi connectivity index (χ1v) is 7.24. The Bertz CT molecular complexity index is 800. The van der Waals surface area contributed by atoms with Crippen molar-refractivity contribution in [2.24, 2.45) is 0 Å². The zero-order valence-corrected chi connectivity index (χ0v) is 12.0. The molecule has 0 atom stereocenters. The Balaban J connectivity index is 1.67. The van der Waals surface area contributed by atoms with Crippen molar-refractivity contribution in [3.05, 3.63) is 59.1 Å². The molecule has 0 aliphatic heterocycles. The van der Waals surface area contributed by atoms with E-state index < -0.39 is 17.5 Å². The summed E-state index contributed by atoms with van der Waals surface area (Å²) in [5.74, 6) is -1.41. The van der Waals surface area contributed by atoms with E-state index in [2.05, 4.69) is 10.5 Å². The number of carbonyl (C=O) groups is 1. The second-order valence-electron chi connectivity index (χ2n) is 4.51. The van der Waals surface area contributed by atoms with E-state index in [0.29, 0.717) is 17.5 Å². The van der Waals surface area contributed by atoms with Crippen molar-refractivity contribution in [1.29, 1.82) is 0 Å². The maximum atomic E-state index is 13.5. The van der Waals surface area contributed by atoms with Gasteiger partial charge >= 0.3 is 0 Å². The predicted molar refractivity (Wildman–Crippen MR) is 78.5 cm³/mol. The highest BCUT2D eigenvalue weighted by atomic mass is 32.1. The molecule has 7 heteroatoms. The Hall–Kier alpha value is -2.54. The molecule has 0 fully saturated rings. The Labute approximate surface area is 128 Å². The largest absolute Gasteiger partial charge is 0.355 e. The topological polar surface area (TPSA) is 55.1 Å². The number of amides is 1. The van der Waals surface area contributed by atoms with Gasteiger partial charge in [0.15, 0.2) is 5.76 Å². The number of hydrogen-bond acceptors (Lipinski definition) is 4. The van der Waals surface area contributed by atoms with Crippen molar-refractivity contribution in [2.45, 2.75) is 6.42 Å². The molecule has 1 N–H and O–H groups in total. The van der Waals surface area contributed by atoms with E-state index in [4.69, 9.17) is 4.52 Å². The van der Waals surface area contributed by atoms with Crippen LogP contribution >= 0.6 is 11.3 Å². The Morgan fingerprint density at radius 3 is 2.86 bits per heavy atom. The number of benzene rings is 1. The lowest BCUT2D eigenvalue weighted by Crippen LogP contribution is -2.15. The molecular weight excluding hydrogens is 310 g/mol. The van der Waals surface area contributed by atoms with Crippen LogP contribution in [0.4, 0.5) is 14.5 Å². The van der Waals surface area contributed by atoms with E-state index in [-0.39, 0.29) is 12.1 Å². The lowest BCUT2D eigenvalue weighted by atomic mass is 10.2. The van der Waals surface area contributed by atoms with E-state index in [1.807, 2.05) is 17.5 Å². The van der Waals surface area contributed by atoms with Gasteiger partial charge in [-0.25, -0.2) is 8.78 Å². The molecule has 112 valence electrons. The van der Waals surface area contributed by atoms with Crippen LogP contribution in [0.15, 0.2) is 46.3 Å². The second kappa shape index (κ2) is 6.07. The van der Waals surface area contributed by atoms with Gasteiger partial charge in [0.1, 0.15) is 11.6 Å². The van der Waals surface area contributed by atoms with E-state index >= 15 is 0 Å². The monoisotopic (exact) mass is 320 g/mol. The van der Waals surface area contributed by atoms with Crippen molar-refractivity contribution in [2.75, 3.05) is 5.32 Å². The molecule has 3 rings (SSSR count). The van der Waals surface area contributed by atoms with Gasteiger partial charge in [-0.2, -0.15) is 0 Å². The molecule has 0 bridgehead atoms. The average molecular weight is 320 g/mol. The third-order valence-corrected chi connectivity index (χ3v) is 3.75. The van der Waals surface area contributed by atoms with Gasteiger partial charge in [0.25, 0.3) is 0 Å². The number of anilines is 1. The third kappa shape index (κ3) is 3.20. The molecule has 4 nitrogen and oxygen atoms in total. The van der Waals surface area contributed by atoms with Gasteiger partial charge < -0.3 is 9.84 Å². The van der Waals surface area contributed by atoms with E-state index in [0.717, 1.165) is 10.9 Å². The predicted octanol–water partition coefficient (Wildman–Crippen LogP) is 3.86. The van der Waals surface area contributed by atoms with Crippen molar-refractivity contribution in [3.8, 4) is 10.6 Å². The number of rotatable bonds is 4. The highest BCUT2D eigenvalue weighted by Crippen LogP contribution is 2.25. The molecule has 0 spiro atoms. The first kappa shape index (κ1) is 14.4. The number of halogens is 2. The fraction of sp³-hybridized carbons (Fsp3) is 0.0667. The fourth-order valence-corrected chi connectivity index (χ4v) is 2.55. The first-order chi connectivity index (χ1) is 10.6. The molecule has 0 aliphatic rings. The molecule has 3 aromatic rings. The maximum absolute atomic E-state index is 13.5. The molecule has 2 aromatic heterocycles. The van der Waals surface area contributed by atoms with Crippen LogP contribution in [0.3, 0.4) is 0 Å². The minimum atomic E-state index is -0.826. The third-order valence-electron chi connectivity index (χ3n) is 2.87. The molecule has 1 aromatic carbocycles. The number of hydrogen-bond donors (Lipinski definition) is 1. The zero-order chi connectivity index (χ0) is 15.5. The SMILES string of the molecule is O=C(Cc1cc(-c2cccs2)on1)Nc1ccc(F)cc1F. The Kier molecular flexibility index (Phi) is 3.97. The minimum absolute atomic E-state index is 0.0638. The van der Waals surface area contributed by atoms with E-state index in [9.17, 15) is 13.6 Å². The number of carbonyl (C=O) groups excluding carboxylic acids is 1. The highest BCUT2D eigenvalue weighted by Gasteiger charge is 2.13. The number of aromatic nitrogens is 1. The highest BCUT2D eigenvalue weighted by molar-refractivity contribution is 7.13. The molecule has 22 heavy (non-hydrogen) atoms. The molecular formula is C15H10F2N2O2S. The van der Waals surface area contributed by atoms with Gasteiger partial charge in [-0.15, -0.1) is 11.3 Å². The van der Waals surface area contributed by atoms with Crippen LogP contribution in [0, 0.1) is 11.6 Å². The normalized spacial score (nSPS) is 10.6. The van der Waals surface area contributed by atoms with Crippen molar-refractivity contribution in [3.63, 3.8) is 0 Å². The van der Waals surface area contributed by atoms with E-state index in [1.54, 1.807) is 6.07 Å². The summed E-state index contributed by atoms with van der Waals surface area (Å²) in [6.07, 6.45) is -0.0638. The van der Waals surface area contributed by atoms with Crippen LogP contribution in [-0.4, -0.2) is 11.1 Å². The fourth-order valence-electron chi connectivity index (χ4n) is 1.88. The quantitative estimate of drug-likeness (QED) is 0.794. The maximum Gasteiger partial charge on any atom is 0.230 e. The van der Waals surface area contributed by atoms with Crippen molar-refractivity contribution < 1.29 is 18.1 Å². The summed E-state index contributed by atoms with van der Waals surface area (Å²) in [6.45, 7) is 0. The average Bonchev–Trinajstić information content (AvgIpc) is 3.12. The van der Waals surface area contributed by atoms with Crippen LogP contribution in [0.1, 0.15) is 5.69 Å². The van der Waals surface area contributed by atoms with Gasteiger partial charge in [-0.05, 0) is 23.6 Å². The number of nitrogens with zero attached hydrogens (tertiary/aromatic N) is 1. The van der Waals surface area contributed by atoms with Crippen LogP contribution in [-0.2, 0) is 11.2 Å². The summed E-state index contributed by atoms with van der Waals surface area (Å²) in [5, 5.41) is 8.08. The van der Waals surface area contributed by atoms with Gasteiger partial charge in [0, 0.05) is 12.1 Å². The summed E-state index contributed by atoms with van der Waals surface area (Å²) < 4.78 is 31.4. The van der Waals surface area contributed by atoms with Gasteiger partial charge in [0.2, 0.25) is 5.91 Å². The molecule has 0 saturated carbocycles. The Morgan fingerprint density at radius 1 is 1.27 bits per heavy atom. The van der Waals surface area contributed by atoms with Gasteiger partial charge in [-0.1, -0.05) is 11.2 Å². The number of nitrogens with one attached hydrogen (secondary N) is 1. The van der Waals surface area contributed by atoms with Crippen LogP contribution < -0.4 is 5.32 Å². The smallest absolute Gasteiger partial charge is 0.230 e. The van der Waals surface area contributed by atoms with Crippen LogP contribution in [0.25, 0.3) is 10.6 Å². The Morgan fingerprint density at radius 2 is 2.14 bits per heavy atom. The molecule has 0 saturated heterocycles. The first-order valence-electron chi connectivity index (χ1n) is 6.36. The zero-order valence-electron chi connectivity index (χ0n) is 11.2. The summed E-state index contributed by atoms with van der Waals surface area (Å²) in [6, 6.07) is 8.37. The lowest BCUT2D eigenvalue weighted by molar-refractivity contribution is -0.115. The second-order valence-corrected chi connectivity index (χ2v) is 5.46. The van der Waals surface area contributed by atoms with Crippen LogP contribution in [0.5, 0.6) is 0 Å². The van der Waals surface area contributed by atoms with Gasteiger partial charge in [-0.3, -0.25) is 4.79 Å². The standard InChI is InChI=1S/C15H10F2N2O2S/c16-9-3-4-12(11(17)6-9)18-15(20)8-10-7-13(21-19-10)14-2-1-5-22-14/h1-7H,8H2,(H,18,20). The van der Waals surface area contributed by atoms with Crippen molar-refractivity contribution >= 4 is 22.9 Å². The van der Waals surface area contributed by atoms with Gasteiger partial charge in [0.05, 0.1) is 22.7 Å². The molecule has 0 aliphatic carbocycles. The number of thiophene rings is 1. The summed E-state index contributed by atoms with van der Waals surface area (Å²) >= 11 is 1.49. The molecule has 0 unspecified atom stereocenters. The lowest BCUT2D eigenvalue weighted by Gasteiger charge is -2.04. The van der Waals surface area contributed by atoms with Crippen LogP contribution in [0.2, 0.25) is 0 Å². The molecule has 0 radical (unpaired) electrons.